The minimum absolute atomic E-state index is 0.172. The molecule has 2 heterocycles. The lowest BCUT2D eigenvalue weighted by Gasteiger charge is -2.35. The van der Waals surface area contributed by atoms with Crippen molar-refractivity contribution in [3.63, 3.8) is 0 Å². The van der Waals surface area contributed by atoms with Crippen molar-refractivity contribution >= 4 is 5.82 Å². The van der Waals surface area contributed by atoms with E-state index in [1.807, 2.05) is 30.5 Å². The van der Waals surface area contributed by atoms with E-state index in [0.717, 1.165) is 44.1 Å². The number of hydrogen-bond acceptors (Lipinski definition) is 3. The first kappa shape index (κ1) is 13.1. The molecular weight excluding hydrogens is 253 g/mol. The maximum atomic E-state index is 12.9. The third-order valence-electron chi connectivity index (χ3n) is 3.67. The van der Waals surface area contributed by atoms with Gasteiger partial charge in [-0.3, -0.25) is 4.90 Å². The maximum absolute atomic E-state index is 12.9. The Morgan fingerprint density at radius 3 is 2.35 bits per heavy atom. The van der Waals surface area contributed by atoms with Crippen LogP contribution in [0.5, 0.6) is 0 Å². The number of anilines is 1. The lowest BCUT2D eigenvalue weighted by atomic mass is 10.2. The highest BCUT2D eigenvalue weighted by Crippen LogP contribution is 2.14. The third kappa shape index (κ3) is 3.14. The van der Waals surface area contributed by atoms with E-state index in [0.29, 0.717) is 0 Å². The fourth-order valence-corrected chi connectivity index (χ4v) is 2.52. The average molecular weight is 271 g/mol. The van der Waals surface area contributed by atoms with Crippen LogP contribution in [0.3, 0.4) is 0 Å². The highest BCUT2D eigenvalue weighted by atomic mass is 19.1. The number of aromatic nitrogens is 1. The van der Waals surface area contributed by atoms with Gasteiger partial charge in [0.25, 0.3) is 0 Å². The van der Waals surface area contributed by atoms with Crippen molar-refractivity contribution in [2.45, 2.75) is 6.54 Å². The fraction of sp³-hybridized carbons (Fsp3) is 0.312. The van der Waals surface area contributed by atoms with Gasteiger partial charge in [0.05, 0.1) is 0 Å². The van der Waals surface area contributed by atoms with Gasteiger partial charge in [-0.2, -0.15) is 0 Å². The Labute approximate surface area is 118 Å². The molecule has 3 rings (SSSR count). The van der Waals surface area contributed by atoms with Gasteiger partial charge in [0.1, 0.15) is 11.6 Å². The maximum Gasteiger partial charge on any atom is 0.128 e. The smallest absolute Gasteiger partial charge is 0.128 e. The van der Waals surface area contributed by atoms with E-state index in [2.05, 4.69) is 20.9 Å². The zero-order valence-electron chi connectivity index (χ0n) is 11.4. The lowest BCUT2D eigenvalue weighted by molar-refractivity contribution is 0.249. The van der Waals surface area contributed by atoms with E-state index in [1.54, 1.807) is 0 Å². The first-order valence-corrected chi connectivity index (χ1v) is 6.94. The van der Waals surface area contributed by atoms with Gasteiger partial charge in [-0.05, 0) is 29.8 Å². The minimum atomic E-state index is -0.172. The molecule has 3 nitrogen and oxygen atoms in total. The third-order valence-corrected chi connectivity index (χ3v) is 3.67. The Kier molecular flexibility index (Phi) is 3.92. The van der Waals surface area contributed by atoms with Crippen LogP contribution in [0.15, 0.2) is 48.7 Å². The van der Waals surface area contributed by atoms with E-state index >= 15 is 0 Å². The Hall–Kier alpha value is -1.94. The number of piperazine rings is 1. The Morgan fingerprint density at radius 1 is 0.950 bits per heavy atom. The molecule has 4 heteroatoms. The van der Waals surface area contributed by atoms with Crippen molar-refractivity contribution in [2.24, 2.45) is 0 Å². The van der Waals surface area contributed by atoms with Crippen LogP contribution < -0.4 is 4.90 Å². The number of nitrogens with zero attached hydrogens (tertiary/aromatic N) is 3. The molecule has 1 aromatic carbocycles. The largest absolute Gasteiger partial charge is 0.354 e. The highest BCUT2D eigenvalue weighted by Gasteiger charge is 2.17. The van der Waals surface area contributed by atoms with Crippen molar-refractivity contribution < 1.29 is 4.39 Å². The second kappa shape index (κ2) is 6.01. The van der Waals surface area contributed by atoms with E-state index in [1.165, 1.54) is 12.1 Å². The van der Waals surface area contributed by atoms with Gasteiger partial charge in [0, 0.05) is 38.9 Å². The van der Waals surface area contributed by atoms with Crippen LogP contribution in [0.25, 0.3) is 0 Å². The van der Waals surface area contributed by atoms with Crippen LogP contribution in [-0.2, 0) is 6.54 Å². The Bertz CT molecular complexity index is 533. The van der Waals surface area contributed by atoms with Crippen molar-refractivity contribution in [3.8, 4) is 0 Å². The van der Waals surface area contributed by atoms with E-state index in [-0.39, 0.29) is 5.82 Å². The summed E-state index contributed by atoms with van der Waals surface area (Å²) in [4.78, 5) is 9.09. The topological polar surface area (TPSA) is 19.4 Å². The molecule has 20 heavy (non-hydrogen) atoms. The van der Waals surface area contributed by atoms with Gasteiger partial charge in [-0.25, -0.2) is 9.37 Å². The molecule has 0 saturated carbocycles. The van der Waals surface area contributed by atoms with Crippen LogP contribution in [-0.4, -0.2) is 36.1 Å². The normalized spacial score (nSPS) is 16.4. The molecule has 0 atom stereocenters. The quantitative estimate of drug-likeness (QED) is 0.855. The molecule has 0 radical (unpaired) electrons. The first-order valence-electron chi connectivity index (χ1n) is 6.94. The molecule has 2 aromatic rings. The molecular formula is C16H18FN3. The van der Waals surface area contributed by atoms with Crippen LogP contribution >= 0.6 is 0 Å². The summed E-state index contributed by atoms with van der Waals surface area (Å²) in [7, 11) is 0. The molecule has 0 bridgehead atoms. The molecule has 104 valence electrons. The van der Waals surface area contributed by atoms with Gasteiger partial charge < -0.3 is 4.90 Å². The SMILES string of the molecule is Fc1ccc(CN2CCN(c3ccccn3)CC2)cc1. The predicted octanol–water partition coefficient (Wildman–Crippen LogP) is 2.54. The summed E-state index contributed by atoms with van der Waals surface area (Å²) in [5.74, 6) is 0.877. The molecule has 1 aliphatic rings. The second-order valence-electron chi connectivity index (χ2n) is 5.08. The molecule has 0 spiro atoms. The molecule has 1 fully saturated rings. The predicted molar refractivity (Wildman–Crippen MR) is 78.1 cm³/mol. The van der Waals surface area contributed by atoms with Gasteiger partial charge in [-0.1, -0.05) is 18.2 Å². The monoisotopic (exact) mass is 271 g/mol. The van der Waals surface area contributed by atoms with Crippen LogP contribution in [0.1, 0.15) is 5.56 Å². The number of pyridine rings is 1. The van der Waals surface area contributed by atoms with Gasteiger partial charge in [-0.15, -0.1) is 0 Å². The van der Waals surface area contributed by atoms with E-state index in [9.17, 15) is 4.39 Å². The molecule has 1 saturated heterocycles. The summed E-state index contributed by atoms with van der Waals surface area (Å²) in [6, 6.07) is 12.8. The van der Waals surface area contributed by atoms with Crippen LogP contribution in [0, 0.1) is 5.82 Å². The lowest BCUT2D eigenvalue weighted by Crippen LogP contribution is -2.46. The van der Waals surface area contributed by atoms with Crippen molar-refractivity contribution in [1.82, 2.24) is 9.88 Å². The van der Waals surface area contributed by atoms with Crippen molar-refractivity contribution in [3.05, 3.63) is 60.0 Å². The van der Waals surface area contributed by atoms with Gasteiger partial charge in [0.15, 0.2) is 0 Å². The first-order chi connectivity index (χ1) is 9.81. The van der Waals surface area contributed by atoms with Crippen LogP contribution in [0.4, 0.5) is 10.2 Å². The fourth-order valence-electron chi connectivity index (χ4n) is 2.52. The zero-order chi connectivity index (χ0) is 13.8. The summed E-state index contributed by atoms with van der Waals surface area (Å²) >= 11 is 0. The molecule has 1 aromatic heterocycles. The Morgan fingerprint density at radius 2 is 1.70 bits per heavy atom. The Balaban J connectivity index is 1.55. The molecule has 0 unspecified atom stereocenters. The number of hydrogen-bond donors (Lipinski definition) is 0. The molecule has 0 amide bonds. The van der Waals surface area contributed by atoms with Crippen LogP contribution in [0.2, 0.25) is 0 Å². The average Bonchev–Trinajstić information content (AvgIpc) is 2.51. The second-order valence-corrected chi connectivity index (χ2v) is 5.08. The summed E-state index contributed by atoms with van der Waals surface area (Å²) < 4.78 is 12.9. The van der Waals surface area contributed by atoms with Gasteiger partial charge in [0.2, 0.25) is 0 Å². The summed E-state index contributed by atoms with van der Waals surface area (Å²) in [6.07, 6.45) is 1.83. The molecule has 0 aliphatic carbocycles. The number of benzene rings is 1. The van der Waals surface area contributed by atoms with Crippen molar-refractivity contribution in [2.75, 3.05) is 31.1 Å². The summed E-state index contributed by atoms with van der Waals surface area (Å²) in [5.41, 5.74) is 1.16. The van der Waals surface area contributed by atoms with E-state index < -0.39 is 0 Å². The van der Waals surface area contributed by atoms with Crippen molar-refractivity contribution in [1.29, 1.82) is 0 Å². The summed E-state index contributed by atoms with van der Waals surface area (Å²) in [5, 5.41) is 0. The number of rotatable bonds is 3. The molecule has 0 N–H and O–H groups in total. The minimum Gasteiger partial charge on any atom is -0.354 e. The van der Waals surface area contributed by atoms with E-state index in [4.69, 9.17) is 0 Å². The summed E-state index contributed by atoms with van der Waals surface area (Å²) in [6.45, 7) is 4.87. The zero-order valence-corrected chi connectivity index (χ0v) is 11.4. The highest BCUT2D eigenvalue weighted by molar-refractivity contribution is 5.38. The standard InChI is InChI=1S/C16H18FN3/c17-15-6-4-14(5-7-15)13-19-9-11-20(12-10-19)16-3-1-2-8-18-16/h1-8H,9-13H2. The molecule has 1 aliphatic heterocycles. The van der Waals surface area contributed by atoms with Gasteiger partial charge >= 0.3 is 0 Å². The number of halogens is 1.